The fourth-order valence-corrected chi connectivity index (χ4v) is 3.41. The van der Waals surface area contributed by atoms with Crippen LogP contribution >= 0.6 is 0 Å². The van der Waals surface area contributed by atoms with Gasteiger partial charge in [0.1, 0.15) is 5.76 Å². The Morgan fingerprint density at radius 3 is 2.32 bits per heavy atom. The summed E-state index contributed by atoms with van der Waals surface area (Å²) in [4.78, 5) is 24.2. The van der Waals surface area contributed by atoms with Crippen molar-refractivity contribution in [3.05, 3.63) is 46.8 Å². The van der Waals surface area contributed by atoms with Crippen molar-refractivity contribution in [2.75, 3.05) is 0 Å². The fourth-order valence-electron chi connectivity index (χ4n) is 3.41. The smallest absolute Gasteiger partial charge is 0.269 e. The van der Waals surface area contributed by atoms with Crippen LogP contribution in [0.25, 0.3) is 0 Å². The van der Waals surface area contributed by atoms with Gasteiger partial charge in [0.2, 0.25) is 5.78 Å². The van der Waals surface area contributed by atoms with E-state index in [-0.39, 0.29) is 17.6 Å². The molecule has 0 aromatic rings. The van der Waals surface area contributed by atoms with Crippen molar-refractivity contribution in [3.63, 3.8) is 0 Å². The zero-order valence-corrected chi connectivity index (χ0v) is 18.6. The number of carbonyl (C=O) groups excluding carboxylic acids is 2. The van der Waals surface area contributed by atoms with Gasteiger partial charge in [-0.3, -0.25) is 9.59 Å². The molecule has 4 heteroatoms. The molecule has 156 valence electrons. The molecule has 0 spiro atoms. The lowest BCUT2D eigenvalue weighted by Crippen LogP contribution is -2.31. The summed E-state index contributed by atoms with van der Waals surface area (Å²) >= 11 is 0. The largest absolute Gasteiger partial charge is 0.455 e. The summed E-state index contributed by atoms with van der Waals surface area (Å²) < 4.78 is 5.31. The minimum atomic E-state index is -1.78. The summed E-state index contributed by atoms with van der Waals surface area (Å²) in [6.07, 6.45) is 9.31. The monoisotopic (exact) mass is 388 g/mol. The Labute approximate surface area is 170 Å². The maximum Gasteiger partial charge on any atom is 0.269 e. The van der Waals surface area contributed by atoms with Crippen LogP contribution in [0.4, 0.5) is 0 Å². The molecule has 1 heterocycles. The minimum Gasteiger partial charge on any atom is -0.455 e. The molecule has 0 saturated heterocycles. The Balaban J connectivity index is 2.81. The van der Waals surface area contributed by atoms with Gasteiger partial charge in [-0.1, -0.05) is 57.9 Å². The van der Waals surface area contributed by atoms with Gasteiger partial charge >= 0.3 is 0 Å². The molecule has 0 aromatic heterocycles. The maximum absolute atomic E-state index is 12.6. The fraction of sp³-hybridized carbons (Fsp3) is 0.583. The van der Waals surface area contributed by atoms with Gasteiger partial charge in [-0.2, -0.15) is 0 Å². The SMILES string of the molecule is CCC(C)CC(C)C(=O)C(C)=CC(C)C=C(C)C=C(C)C1=CC(=O)C(C)(O)O1. The third-order valence-electron chi connectivity index (χ3n) is 5.19. The van der Waals surface area contributed by atoms with Crippen LogP contribution in [0.1, 0.15) is 68.2 Å². The summed E-state index contributed by atoms with van der Waals surface area (Å²) in [5.74, 6) is -0.921. The number of hydrogen-bond donors (Lipinski definition) is 1. The maximum atomic E-state index is 12.6. The second-order valence-corrected chi connectivity index (χ2v) is 8.42. The van der Waals surface area contributed by atoms with E-state index in [0.29, 0.717) is 11.7 Å². The third kappa shape index (κ3) is 6.90. The topological polar surface area (TPSA) is 63.6 Å². The highest BCUT2D eigenvalue weighted by molar-refractivity contribution is 5.98. The van der Waals surface area contributed by atoms with Crippen molar-refractivity contribution in [2.24, 2.45) is 17.8 Å². The first-order chi connectivity index (χ1) is 12.9. The predicted molar refractivity (Wildman–Crippen MR) is 113 cm³/mol. The normalized spacial score (nSPS) is 24.5. The lowest BCUT2D eigenvalue weighted by molar-refractivity contribution is -0.168. The van der Waals surface area contributed by atoms with Crippen LogP contribution in [-0.4, -0.2) is 22.5 Å². The Kier molecular flexibility index (Phi) is 8.62. The molecule has 0 saturated carbocycles. The Morgan fingerprint density at radius 2 is 1.82 bits per heavy atom. The zero-order valence-electron chi connectivity index (χ0n) is 18.6. The molecule has 28 heavy (non-hydrogen) atoms. The highest BCUT2D eigenvalue weighted by atomic mass is 16.6. The van der Waals surface area contributed by atoms with E-state index in [1.807, 2.05) is 46.8 Å². The molecular weight excluding hydrogens is 352 g/mol. The highest BCUT2D eigenvalue weighted by Gasteiger charge is 2.38. The van der Waals surface area contributed by atoms with Crippen LogP contribution in [0, 0.1) is 17.8 Å². The third-order valence-corrected chi connectivity index (χ3v) is 5.19. The number of ketones is 2. The van der Waals surface area contributed by atoms with Crippen LogP contribution in [0.15, 0.2) is 46.8 Å². The van der Waals surface area contributed by atoms with Gasteiger partial charge < -0.3 is 9.84 Å². The van der Waals surface area contributed by atoms with Gasteiger partial charge in [-0.25, -0.2) is 0 Å². The van der Waals surface area contributed by atoms with Crippen LogP contribution < -0.4 is 0 Å². The number of ether oxygens (including phenoxy) is 1. The molecule has 0 fully saturated rings. The summed E-state index contributed by atoms with van der Waals surface area (Å²) in [5.41, 5.74) is 2.57. The first-order valence-corrected chi connectivity index (χ1v) is 10.1. The number of hydrogen-bond acceptors (Lipinski definition) is 4. The lowest BCUT2D eigenvalue weighted by atomic mass is 9.88. The van der Waals surface area contributed by atoms with E-state index in [4.69, 9.17) is 4.74 Å². The van der Waals surface area contributed by atoms with Crippen molar-refractivity contribution in [3.8, 4) is 0 Å². The van der Waals surface area contributed by atoms with Gasteiger partial charge in [0.15, 0.2) is 5.78 Å². The molecule has 0 amide bonds. The number of Topliss-reactive ketones (excluding diaryl/α,β-unsaturated/α-hetero) is 1. The average molecular weight is 389 g/mol. The van der Waals surface area contributed by atoms with Crippen LogP contribution in [-0.2, 0) is 14.3 Å². The van der Waals surface area contributed by atoms with E-state index in [0.717, 1.165) is 29.6 Å². The van der Waals surface area contributed by atoms with E-state index >= 15 is 0 Å². The van der Waals surface area contributed by atoms with E-state index in [2.05, 4.69) is 19.9 Å². The molecule has 4 unspecified atom stereocenters. The van der Waals surface area contributed by atoms with Crippen LogP contribution in [0.5, 0.6) is 0 Å². The zero-order chi connectivity index (χ0) is 21.6. The van der Waals surface area contributed by atoms with Crippen molar-refractivity contribution in [2.45, 2.75) is 74.0 Å². The van der Waals surface area contributed by atoms with Crippen molar-refractivity contribution >= 4 is 11.6 Å². The van der Waals surface area contributed by atoms with Crippen LogP contribution in [0.2, 0.25) is 0 Å². The summed E-state index contributed by atoms with van der Waals surface area (Å²) in [6, 6.07) is 0. The van der Waals surface area contributed by atoms with Crippen molar-refractivity contribution in [1.82, 2.24) is 0 Å². The predicted octanol–water partition coefficient (Wildman–Crippen LogP) is 5.29. The molecule has 0 aromatic carbocycles. The van der Waals surface area contributed by atoms with Crippen LogP contribution in [0.3, 0.4) is 0 Å². The van der Waals surface area contributed by atoms with Gasteiger partial charge in [-0.05, 0) is 50.2 Å². The first-order valence-electron chi connectivity index (χ1n) is 10.1. The lowest BCUT2D eigenvalue weighted by Gasteiger charge is -2.16. The molecule has 1 aliphatic heterocycles. The molecular formula is C24H36O4. The molecule has 0 bridgehead atoms. The van der Waals surface area contributed by atoms with E-state index in [1.54, 1.807) is 0 Å². The quantitative estimate of drug-likeness (QED) is 0.430. The summed E-state index contributed by atoms with van der Waals surface area (Å²) in [7, 11) is 0. The van der Waals surface area contributed by atoms with E-state index < -0.39 is 11.6 Å². The summed E-state index contributed by atoms with van der Waals surface area (Å²) in [6.45, 7) is 15.4. The Morgan fingerprint density at radius 1 is 1.21 bits per heavy atom. The summed E-state index contributed by atoms with van der Waals surface area (Å²) in [5, 5.41) is 9.82. The number of allylic oxidation sites excluding steroid dienone is 6. The average Bonchev–Trinajstić information content (AvgIpc) is 2.86. The van der Waals surface area contributed by atoms with Gasteiger partial charge in [-0.15, -0.1) is 0 Å². The minimum absolute atomic E-state index is 0.0439. The van der Waals surface area contributed by atoms with Crippen molar-refractivity contribution in [1.29, 1.82) is 0 Å². The molecule has 1 aliphatic rings. The number of aliphatic hydroxyl groups is 1. The Bertz CT molecular complexity index is 719. The molecule has 0 aliphatic carbocycles. The van der Waals surface area contributed by atoms with E-state index in [1.165, 1.54) is 13.0 Å². The second kappa shape index (κ2) is 10.0. The number of rotatable bonds is 9. The molecule has 0 radical (unpaired) electrons. The second-order valence-electron chi connectivity index (χ2n) is 8.42. The number of carbonyl (C=O) groups is 2. The van der Waals surface area contributed by atoms with Gasteiger partial charge in [0, 0.05) is 18.9 Å². The molecule has 4 atom stereocenters. The van der Waals surface area contributed by atoms with Gasteiger partial charge in [0.25, 0.3) is 5.79 Å². The Hall–Kier alpha value is -1.94. The van der Waals surface area contributed by atoms with Crippen molar-refractivity contribution < 1.29 is 19.4 Å². The standard InChI is InChI=1S/C24H36O4/c1-9-15(2)11-19(6)23(26)20(7)13-17(4)10-16(3)12-18(5)21-14-22(25)24(8,27)28-21/h10,12-15,17,19,27H,9,11H2,1-8H3. The molecule has 4 nitrogen and oxygen atoms in total. The first kappa shape index (κ1) is 24.1. The van der Waals surface area contributed by atoms with Gasteiger partial charge in [0.05, 0.1) is 0 Å². The molecule has 1 N–H and O–H groups in total. The van der Waals surface area contributed by atoms with E-state index in [9.17, 15) is 14.7 Å². The highest BCUT2D eigenvalue weighted by Crippen LogP contribution is 2.28. The molecule has 1 rings (SSSR count).